The molecule has 2 fully saturated rings. The Morgan fingerprint density at radius 2 is 1.68 bits per heavy atom. The number of benzene rings is 2. The van der Waals surface area contributed by atoms with E-state index in [0.29, 0.717) is 44.8 Å². The average Bonchev–Trinajstić information content (AvgIpc) is 3.07. The van der Waals surface area contributed by atoms with E-state index in [9.17, 15) is 8.42 Å². The Bertz CT molecular complexity index is 1850. The van der Waals surface area contributed by atoms with Crippen molar-refractivity contribution < 1.29 is 18.0 Å². The minimum absolute atomic E-state index is 0.230. The number of ether oxygens (including phenoxy) is 1. The van der Waals surface area contributed by atoms with E-state index in [1.807, 2.05) is 11.1 Å². The molecule has 2 aliphatic rings. The Labute approximate surface area is 284 Å². The fraction of sp³-hybridized carbons (Fsp3) is 0.387. The number of sulfonamides is 1. The summed E-state index contributed by atoms with van der Waals surface area (Å²) in [6.45, 7) is 5.64. The summed E-state index contributed by atoms with van der Waals surface area (Å²) in [7, 11) is -0.279. The Balaban J connectivity index is 1.19. The number of fused-ring (bicyclic) bond motifs is 1. The molecule has 0 aliphatic carbocycles. The standard InChI is InChI=1S/C31H37Cl2N9O4S/c1-45-28-18-27(41-11-8-20(9-12-41)40-13-15-42(46-2)16-14-40)22(32)17-26(28)37-31-35-19-23(33)30(38-31)36-25-7-6-24-21(5-4-10-34-24)29(25)39-47(3,43)44/h4-7,10,17-20,39H,8-9,11-16H2,1-3H3,(H2,35,36,37,38). The van der Waals surface area contributed by atoms with E-state index < -0.39 is 10.0 Å². The van der Waals surface area contributed by atoms with Gasteiger partial charge in [-0.05, 0) is 43.2 Å². The summed E-state index contributed by atoms with van der Waals surface area (Å²) in [4.78, 5) is 23.5. The third kappa shape index (κ3) is 7.74. The number of rotatable bonds is 10. The lowest BCUT2D eigenvalue weighted by Gasteiger charge is -2.42. The predicted octanol–water partition coefficient (Wildman–Crippen LogP) is 5.35. The predicted molar refractivity (Wildman–Crippen MR) is 187 cm³/mol. The Morgan fingerprint density at radius 3 is 2.38 bits per heavy atom. The highest BCUT2D eigenvalue weighted by molar-refractivity contribution is 7.92. The van der Waals surface area contributed by atoms with Crippen LogP contribution in [0.5, 0.6) is 5.75 Å². The number of anilines is 6. The lowest BCUT2D eigenvalue weighted by Crippen LogP contribution is -2.53. The van der Waals surface area contributed by atoms with Crippen LogP contribution in [-0.2, 0) is 14.9 Å². The molecule has 6 rings (SSSR count). The highest BCUT2D eigenvalue weighted by Crippen LogP contribution is 2.40. The molecule has 0 amide bonds. The van der Waals surface area contributed by atoms with Gasteiger partial charge in [0.25, 0.3) is 0 Å². The van der Waals surface area contributed by atoms with Crippen molar-refractivity contribution in [2.45, 2.75) is 18.9 Å². The van der Waals surface area contributed by atoms with Gasteiger partial charge < -0.3 is 25.1 Å². The van der Waals surface area contributed by atoms with Gasteiger partial charge in [0.1, 0.15) is 10.8 Å². The molecule has 0 atom stereocenters. The van der Waals surface area contributed by atoms with E-state index >= 15 is 0 Å². The molecule has 0 unspecified atom stereocenters. The van der Waals surface area contributed by atoms with Crippen LogP contribution in [0, 0.1) is 0 Å². The first-order chi connectivity index (χ1) is 22.6. The third-order valence-corrected chi connectivity index (χ3v) is 9.59. The molecule has 2 aromatic heterocycles. The van der Waals surface area contributed by atoms with E-state index in [1.54, 1.807) is 50.7 Å². The van der Waals surface area contributed by atoms with Crippen molar-refractivity contribution >= 4 is 78.6 Å². The lowest BCUT2D eigenvalue weighted by molar-refractivity contribution is -0.155. The zero-order valence-electron chi connectivity index (χ0n) is 26.3. The van der Waals surface area contributed by atoms with Crippen LogP contribution in [0.4, 0.5) is 34.5 Å². The SMILES string of the molecule is COc1cc(N2CCC(N3CCN(OC)CC3)CC2)c(Cl)cc1Nc1ncc(Cl)c(Nc2ccc3ncccc3c2NS(C)(=O)=O)n1. The molecule has 250 valence electrons. The van der Waals surface area contributed by atoms with Gasteiger partial charge in [0.2, 0.25) is 16.0 Å². The van der Waals surface area contributed by atoms with E-state index in [4.69, 9.17) is 32.8 Å². The zero-order valence-corrected chi connectivity index (χ0v) is 28.7. The van der Waals surface area contributed by atoms with Gasteiger partial charge in [-0.2, -0.15) is 10.0 Å². The molecule has 13 nitrogen and oxygen atoms in total. The summed E-state index contributed by atoms with van der Waals surface area (Å²) >= 11 is 13.3. The van der Waals surface area contributed by atoms with Crippen LogP contribution in [0.25, 0.3) is 10.9 Å². The van der Waals surface area contributed by atoms with E-state index in [2.05, 4.69) is 40.1 Å². The second-order valence-electron chi connectivity index (χ2n) is 11.4. The Morgan fingerprint density at radius 1 is 0.915 bits per heavy atom. The quantitative estimate of drug-likeness (QED) is 0.197. The van der Waals surface area contributed by atoms with Crippen molar-refractivity contribution in [3.8, 4) is 5.75 Å². The average molecular weight is 703 g/mol. The zero-order chi connectivity index (χ0) is 33.1. The van der Waals surface area contributed by atoms with Crippen LogP contribution in [0.1, 0.15) is 12.8 Å². The molecule has 4 heterocycles. The molecular formula is C31H37Cl2N9O4S. The smallest absolute Gasteiger partial charge is 0.229 e. The van der Waals surface area contributed by atoms with Gasteiger partial charge in [0, 0.05) is 63.0 Å². The summed E-state index contributed by atoms with van der Waals surface area (Å²) in [5, 5.41) is 9.78. The number of nitrogens with one attached hydrogen (secondary N) is 3. The van der Waals surface area contributed by atoms with Crippen LogP contribution in [0.3, 0.4) is 0 Å². The van der Waals surface area contributed by atoms with E-state index in [-0.39, 0.29) is 16.8 Å². The number of hydrogen-bond acceptors (Lipinski definition) is 12. The maximum absolute atomic E-state index is 12.2. The minimum Gasteiger partial charge on any atom is -0.494 e. The highest BCUT2D eigenvalue weighted by atomic mass is 35.5. The van der Waals surface area contributed by atoms with Gasteiger partial charge in [-0.15, -0.1) is 0 Å². The fourth-order valence-corrected chi connectivity index (χ4v) is 7.10. The molecular weight excluding hydrogens is 665 g/mol. The van der Waals surface area contributed by atoms with Gasteiger partial charge >= 0.3 is 0 Å². The van der Waals surface area contributed by atoms with Crippen molar-refractivity contribution in [3.63, 3.8) is 0 Å². The maximum Gasteiger partial charge on any atom is 0.229 e. The first-order valence-corrected chi connectivity index (χ1v) is 17.8. The minimum atomic E-state index is -3.61. The molecule has 47 heavy (non-hydrogen) atoms. The van der Waals surface area contributed by atoms with Crippen LogP contribution >= 0.6 is 23.2 Å². The summed E-state index contributed by atoms with van der Waals surface area (Å²) in [5.74, 6) is 1.07. The maximum atomic E-state index is 12.2. The van der Waals surface area contributed by atoms with Crippen molar-refractivity contribution in [1.82, 2.24) is 24.9 Å². The summed E-state index contributed by atoms with van der Waals surface area (Å²) in [6.07, 6.45) is 6.28. The molecule has 3 N–H and O–H groups in total. The first-order valence-electron chi connectivity index (χ1n) is 15.2. The van der Waals surface area contributed by atoms with Crippen molar-refractivity contribution in [2.75, 3.05) is 80.0 Å². The fourth-order valence-electron chi connectivity index (χ4n) is 6.09. The van der Waals surface area contributed by atoms with Gasteiger partial charge in [-0.3, -0.25) is 14.6 Å². The summed E-state index contributed by atoms with van der Waals surface area (Å²) in [5.41, 5.74) is 2.88. The monoisotopic (exact) mass is 701 g/mol. The molecule has 0 radical (unpaired) electrons. The van der Waals surface area contributed by atoms with Crippen LogP contribution in [-0.4, -0.2) is 99.1 Å². The second kappa shape index (κ2) is 14.2. The van der Waals surface area contributed by atoms with Crippen LogP contribution < -0.4 is 25.0 Å². The third-order valence-electron chi connectivity index (χ3n) is 8.44. The lowest BCUT2D eigenvalue weighted by atomic mass is 10.0. The highest BCUT2D eigenvalue weighted by Gasteiger charge is 2.29. The molecule has 2 saturated heterocycles. The molecule has 2 aliphatic heterocycles. The van der Waals surface area contributed by atoms with Gasteiger partial charge in [0.15, 0.2) is 5.82 Å². The largest absolute Gasteiger partial charge is 0.494 e. The van der Waals surface area contributed by atoms with Crippen LogP contribution in [0.15, 0.2) is 48.8 Å². The molecule has 16 heteroatoms. The second-order valence-corrected chi connectivity index (χ2v) is 14.0. The normalized spacial score (nSPS) is 16.7. The number of methoxy groups -OCH3 is 1. The molecule has 2 aromatic carbocycles. The number of hydrogen-bond donors (Lipinski definition) is 3. The number of piperazine rings is 1. The van der Waals surface area contributed by atoms with Gasteiger partial charge in [-0.25, -0.2) is 13.4 Å². The van der Waals surface area contributed by atoms with E-state index in [0.717, 1.165) is 64.1 Å². The molecule has 0 saturated carbocycles. The van der Waals surface area contributed by atoms with Crippen molar-refractivity contribution in [2.24, 2.45) is 0 Å². The Hall–Kier alpha value is -3.66. The molecule has 0 spiro atoms. The Kier molecular flexibility index (Phi) is 10.1. The summed E-state index contributed by atoms with van der Waals surface area (Å²) in [6, 6.07) is 11.3. The van der Waals surface area contributed by atoms with Crippen molar-refractivity contribution in [3.05, 3.63) is 58.8 Å². The number of pyridine rings is 1. The number of halogens is 2. The number of piperidine rings is 1. The van der Waals surface area contributed by atoms with Gasteiger partial charge in [0.05, 0.1) is 60.0 Å². The topological polar surface area (TPSA) is 137 Å². The number of aromatic nitrogens is 3. The molecule has 0 bridgehead atoms. The molecule has 4 aromatic rings. The first kappa shape index (κ1) is 33.2. The summed E-state index contributed by atoms with van der Waals surface area (Å²) < 4.78 is 32.8. The van der Waals surface area contributed by atoms with Crippen LogP contribution in [0.2, 0.25) is 10.0 Å². The van der Waals surface area contributed by atoms with Gasteiger partial charge in [-0.1, -0.05) is 23.2 Å². The number of hydroxylamine groups is 2. The van der Waals surface area contributed by atoms with E-state index in [1.165, 1.54) is 6.20 Å². The number of nitrogens with zero attached hydrogens (tertiary/aromatic N) is 6. The van der Waals surface area contributed by atoms with Crippen molar-refractivity contribution in [1.29, 1.82) is 0 Å².